The molecule has 5 rings (SSSR count). The first-order chi connectivity index (χ1) is 11.6. The number of phenolic OH excluding ortho intramolecular Hbond substituents is 4. The molecular weight excluding hydrogens is 304 g/mol. The fourth-order valence-corrected chi connectivity index (χ4v) is 4.33. The van der Waals surface area contributed by atoms with Gasteiger partial charge in [-0.2, -0.15) is 0 Å². The summed E-state index contributed by atoms with van der Waals surface area (Å²) in [6, 6.07) is 7.47. The van der Waals surface area contributed by atoms with E-state index in [1.165, 1.54) is 17.5 Å². The van der Waals surface area contributed by atoms with Gasteiger partial charge in [-0.25, -0.2) is 0 Å². The minimum atomic E-state index is -0.599. The monoisotopic (exact) mass is 320 g/mol. The van der Waals surface area contributed by atoms with Crippen LogP contribution in [0, 0.1) is 0 Å². The molecule has 0 aromatic heterocycles. The van der Waals surface area contributed by atoms with Crippen LogP contribution < -0.4 is 0 Å². The van der Waals surface area contributed by atoms with Gasteiger partial charge >= 0.3 is 0 Å². The summed E-state index contributed by atoms with van der Waals surface area (Å²) in [5, 5.41) is 45.1. The molecule has 0 radical (unpaired) electrons. The summed E-state index contributed by atoms with van der Waals surface area (Å²) >= 11 is 0. The van der Waals surface area contributed by atoms with E-state index in [9.17, 15) is 20.4 Å². The molecule has 0 saturated heterocycles. The fourth-order valence-electron chi connectivity index (χ4n) is 4.33. The molecule has 0 amide bonds. The van der Waals surface area contributed by atoms with Gasteiger partial charge in [0, 0.05) is 10.8 Å². The van der Waals surface area contributed by atoms with Crippen LogP contribution in [0.5, 0.6) is 23.0 Å². The standard InChI is InChI=1S/C20H16O4/c21-14-8-10-7-9-3-1-2-4-11(9)12-5-6-13-16(15(10)12)17(14)19(23)20(24)18(13)22/h5-8,21-24H,1-4H2. The van der Waals surface area contributed by atoms with Crippen LogP contribution >= 0.6 is 0 Å². The zero-order valence-corrected chi connectivity index (χ0v) is 12.9. The average molecular weight is 320 g/mol. The maximum atomic E-state index is 10.4. The molecule has 4 N–H and O–H groups in total. The highest BCUT2D eigenvalue weighted by Crippen LogP contribution is 2.52. The van der Waals surface area contributed by atoms with E-state index in [0.29, 0.717) is 10.8 Å². The highest BCUT2D eigenvalue weighted by molar-refractivity contribution is 6.28. The van der Waals surface area contributed by atoms with Gasteiger partial charge in [-0.1, -0.05) is 12.1 Å². The van der Waals surface area contributed by atoms with E-state index >= 15 is 0 Å². The Morgan fingerprint density at radius 3 is 2.25 bits per heavy atom. The zero-order chi connectivity index (χ0) is 16.6. The molecule has 1 aliphatic rings. The summed E-state index contributed by atoms with van der Waals surface area (Å²) in [5.74, 6) is -1.53. The van der Waals surface area contributed by atoms with E-state index in [2.05, 4.69) is 6.07 Å². The SMILES string of the molecule is Oc1c(O)c2ccc3c4c(cc5cc(O)c(c1O)c2c53)CCCC4. The molecule has 4 heteroatoms. The van der Waals surface area contributed by atoms with Crippen LogP contribution in [0.4, 0.5) is 0 Å². The Bertz CT molecular complexity index is 1140. The quantitative estimate of drug-likeness (QED) is 0.288. The number of fused-ring (bicyclic) bond motifs is 2. The number of aryl methyl sites for hydroxylation is 2. The van der Waals surface area contributed by atoms with Crippen molar-refractivity contribution in [2.75, 3.05) is 0 Å². The van der Waals surface area contributed by atoms with Crippen molar-refractivity contribution in [1.82, 2.24) is 0 Å². The minimum Gasteiger partial charge on any atom is -0.507 e. The van der Waals surface area contributed by atoms with Crippen LogP contribution in [0.3, 0.4) is 0 Å². The van der Waals surface area contributed by atoms with Crippen molar-refractivity contribution in [3.63, 3.8) is 0 Å². The molecular formula is C20H16O4. The third-order valence-electron chi connectivity index (χ3n) is 5.40. The molecule has 120 valence electrons. The van der Waals surface area contributed by atoms with Crippen molar-refractivity contribution >= 4 is 32.3 Å². The molecule has 1 aliphatic carbocycles. The number of benzene rings is 4. The van der Waals surface area contributed by atoms with Crippen LogP contribution in [0.1, 0.15) is 24.0 Å². The van der Waals surface area contributed by atoms with Crippen LogP contribution in [0.25, 0.3) is 32.3 Å². The smallest absolute Gasteiger partial charge is 0.201 e. The highest BCUT2D eigenvalue weighted by Gasteiger charge is 2.24. The topological polar surface area (TPSA) is 80.9 Å². The summed E-state index contributed by atoms with van der Waals surface area (Å²) < 4.78 is 0. The van der Waals surface area contributed by atoms with Crippen LogP contribution in [0.2, 0.25) is 0 Å². The predicted molar refractivity (Wildman–Crippen MR) is 93.4 cm³/mol. The first-order valence-corrected chi connectivity index (χ1v) is 8.17. The molecule has 0 aliphatic heterocycles. The van der Waals surface area contributed by atoms with Crippen LogP contribution in [-0.2, 0) is 12.8 Å². The Morgan fingerprint density at radius 1 is 0.667 bits per heavy atom. The zero-order valence-electron chi connectivity index (χ0n) is 12.9. The van der Waals surface area contributed by atoms with Crippen molar-refractivity contribution in [2.24, 2.45) is 0 Å². The van der Waals surface area contributed by atoms with E-state index in [1.54, 1.807) is 12.1 Å². The maximum Gasteiger partial charge on any atom is 0.201 e. The summed E-state index contributed by atoms with van der Waals surface area (Å²) in [5.41, 5.74) is 2.62. The van der Waals surface area contributed by atoms with Crippen LogP contribution in [-0.4, -0.2) is 20.4 Å². The highest BCUT2D eigenvalue weighted by atomic mass is 16.3. The Balaban J connectivity index is 2.13. The molecule has 0 heterocycles. The Labute approximate surface area is 137 Å². The molecule has 0 unspecified atom stereocenters. The normalized spacial score (nSPS) is 14.7. The third kappa shape index (κ3) is 1.48. The largest absolute Gasteiger partial charge is 0.507 e. The van der Waals surface area contributed by atoms with Gasteiger partial charge in [-0.15, -0.1) is 0 Å². The van der Waals surface area contributed by atoms with E-state index in [0.717, 1.165) is 35.4 Å². The molecule has 0 saturated carbocycles. The Hall–Kier alpha value is -2.88. The van der Waals surface area contributed by atoms with Crippen LogP contribution in [0.15, 0.2) is 24.3 Å². The van der Waals surface area contributed by atoms with Gasteiger partial charge in [0.2, 0.25) is 5.75 Å². The van der Waals surface area contributed by atoms with Crippen molar-refractivity contribution < 1.29 is 20.4 Å². The van der Waals surface area contributed by atoms with Crippen molar-refractivity contribution in [3.8, 4) is 23.0 Å². The number of hydrogen-bond acceptors (Lipinski definition) is 4. The fraction of sp³-hybridized carbons (Fsp3) is 0.200. The minimum absolute atomic E-state index is 0.0939. The summed E-state index contributed by atoms with van der Waals surface area (Å²) in [6.45, 7) is 0. The second-order valence-electron chi connectivity index (χ2n) is 6.67. The number of phenols is 4. The van der Waals surface area contributed by atoms with Gasteiger partial charge in [-0.05, 0) is 65.1 Å². The first-order valence-electron chi connectivity index (χ1n) is 8.17. The van der Waals surface area contributed by atoms with Gasteiger partial charge in [0.25, 0.3) is 0 Å². The van der Waals surface area contributed by atoms with Gasteiger partial charge in [0.1, 0.15) is 5.75 Å². The summed E-state index contributed by atoms with van der Waals surface area (Å²) in [4.78, 5) is 0. The lowest BCUT2D eigenvalue weighted by molar-refractivity contribution is 0.373. The van der Waals surface area contributed by atoms with Crippen molar-refractivity contribution in [3.05, 3.63) is 35.4 Å². The maximum absolute atomic E-state index is 10.4. The first kappa shape index (κ1) is 13.5. The summed E-state index contributed by atoms with van der Waals surface area (Å²) in [6.07, 6.45) is 4.37. The second kappa shape index (κ2) is 4.35. The number of rotatable bonds is 0. The molecule has 0 atom stereocenters. The van der Waals surface area contributed by atoms with Crippen molar-refractivity contribution in [2.45, 2.75) is 25.7 Å². The average Bonchev–Trinajstić information content (AvgIpc) is 2.59. The lowest BCUT2D eigenvalue weighted by atomic mass is 9.83. The van der Waals surface area contributed by atoms with Gasteiger partial charge in [-0.3, -0.25) is 0 Å². The lowest BCUT2D eigenvalue weighted by Crippen LogP contribution is -2.04. The molecule has 4 aromatic carbocycles. The molecule has 4 aromatic rings. The lowest BCUT2D eigenvalue weighted by Gasteiger charge is -2.22. The Kier molecular flexibility index (Phi) is 2.46. The van der Waals surface area contributed by atoms with E-state index in [4.69, 9.17) is 0 Å². The molecule has 0 fully saturated rings. The van der Waals surface area contributed by atoms with Crippen molar-refractivity contribution in [1.29, 1.82) is 0 Å². The van der Waals surface area contributed by atoms with Gasteiger partial charge < -0.3 is 20.4 Å². The third-order valence-corrected chi connectivity index (χ3v) is 5.40. The number of aromatic hydroxyl groups is 4. The van der Waals surface area contributed by atoms with E-state index in [1.807, 2.05) is 6.07 Å². The van der Waals surface area contributed by atoms with E-state index in [-0.39, 0.29) is 16.9 Å². The molecule has 4 nitrogen and oxygen atoms in total. The molecule has 0 spiro atoms. The summed E-state index contributed by atoms with van der Waals surface area (Å²) in [7, 11) is 0. The van der Waals surface area contributed by atoms with Gasteiger partial charge in [0.15, 0.2) is 11.5 Å². The molecule has 24 heavy (non-hydrogen) atoms. The molecule has 0 bridgehead atoms. The predicted octanol–water partition coefficient (Wildman–Crippen LogP) is 4.29. The van der Waals surface area contributed by atoms with Gasteiger partial charge in [0.05, 0.1) is 5.39 Å². The number of hydrogen-bond donors (Lipinski definition) is 4. The van der Waals surface area contributed by atoms with E-state index < -0.39 is 11.5 Å². The second-order valence-corrected chi connectivity index (χ2v) is 6.67. The Morgan fingerprint density at radius 2 is 1.42 bits per heavy atom.